The minimum Gasteiger partial charge on any atom is -0.496 e. The predicted molar refractivity (Wildman–Crippen MR) is 82.4 cm³/mol. The van der Waals surface area contributed by atoms with E-state index in [-0.39, 0.29) is 6.04 Å². The average Bonchev–Trinajstić information content (AvgIpc) is 2.89. The molecule has 2 aromatic rings. The van der Waals surface area contributed by atoms with Crippen LogP contribution in [0.2, 0.25) is 0 Å². The number of aryl methyl sites for hydroxylation is 1. The van der Waals surface area contributed by atoms with Crippen molar-refractivity contribution in [2.45, 2.75) is 25.9 Å². The number of methoxy groups -OCH3 is 1. The van der Waals surface area contributed by atoms with Crippen LogP contribution < -0.4 is 16.0 Å². The van der Waals surface area contributed by atoms with Crippen LogP contribution in [0.5, 0.6) is 5.75 Å². The zero-order valence-electron chi connectivity index (χ0n) is 11.6. The number of hydrogen-bond acceptors (Lipinski definition) is 4. The van der Waals surface area contributed by atoms with Crippen LogP contribution in [0.1, 0.15) is 30.8 Å². The molecular formula is C14H19BrN4O. The molecule has 0 saturated carbocycles. The van der Waals surface area contributed by atoms with Crippen LogP contribution in [-0.2, 0) is 6.54 Å². The van der Waals surface area contributed by atoms with E-state index in [2.05, 4.69) is 37.8 Å². The minimum atomic E-state index is -0.154. The van der Waals surface area contributed by atoms with Gasteiger partial charge in [0.05, 0.1) is 11.6 Å². The molecule has 0 aliphatic rings. The molecule has 5 nitrogen and oxygen atoms in total. The first-order chi connectivity index (χ1) is 9.71. The third-order valence-electron chi connectivity index (χ3n) is 3.15. The second-order valence-corrected chi connectivity index (χ2v) is 5.33. The largest absolute Gasteiger partial charge is 0.496 e. The fraction of sp³-hybridized carbons (Fsp3) is 0.357. The summed E-state index contributed by atoms with van der Waals surface area (Å²) in [5, 5.41) is 0. The molecule has 0 radical (unpaired) electrons. The van der Waals surface area contributed by atoms with Crippen molar-refractivity contribution in [1.82, 2.24) is 15.0 Å². The summed E-state index contributed by atoms with van der Waals surface area (Å²) < 4.78 is 8.26. The summed E-state index contributed by atoms with van der Waals surface area (Å²) in [6.45, 7) is 3.06. The average molecular weight is 339 g/mol. The Kier molecular flexibility index (Phi) is 5.17. The van der Waals surface area contributed by atoms with Crippen molar-refractivity contribution >= 4 is 15.9 Å². The summed E-state index contributed by atoms with van der Waals surface area (Å²) in [6.07, 6.45) is 4.82. The van der Waals surface area contributed by atoms with E-state index in [1.165, 1.54) is 0 Å². The molecule has 1 aromatic heterocycles. The second-order valence-electron chi connectivity index (χ2n) is 4.47. The zero-order chi connectivity index (χ0) is 14.5. The molecule has 108 valence electrons. The highest BCUT2D eigenvalue weighted by Crippen LogP contribution is 2.29. The number of aromatic nitrogens is 2. The normalized spacial score (nSPS) is 12.4. The molecule has 0 aliphatic carbocycles. The zero-order valence-corrected chi connectivity index (χ0v) is 13.2. The van der Waals surface area contributed by atoms with Crippen LogP contribution in [0, 0.1) is 0 Å². The molecule has 0 saturated heterocycles. The lowest BCUT2D eigenvalue weighted by molar-refractivity contribution is 0.411. The van der Waals surface area contributed by atoms with Crippen molar-refractivity contribution in [2.24, 2.45) is 5.84 Å². The maximum Gasteiger partial charge on any atom is 0.133 e. The fourth-order valence-corrected chi connectivity index (χ4v) is 2.75. The Hall–Kier alpha value is -1.37. The molecule has 20 heavy (non-hydrogen) atoms. The standard InChI is InChI=1S/C14H19BrN4O/c1-3-7-19-8-6-17-14(19)13(18-16)10-4-5-12(20-2)11(15)9-10/h4-6,8-9,13,18H,3,7,16H2,1-2H3. The summed E-state index contributed by atoms with van der Waals surface area (Å²) in [7, 11) is 1.65. The Labute approximate surface area is 127 Å². The number of benzene rings is 1. The van der Waals surface area contributed by atoms with Gasteiger partial charge in [-0.25, -0.2) is 10.4 Å². The predicted octanol–water partition coefficient (Wildman–Crippen LogP) is 2.62. The third-order valence-corrected chi connectivity index (χ3v) is 3.77. The molecule has 0 spiro atoms. The number of nitrogens with one attached hydrogen (secondary N) is 1. The van der Waals surface area contributed by atoms with Gasteiger partial charge >= 0.3 is 0 Å². The number of rotatable bonds is 6. The fourth-order valence-electron chi connectivity index (χ4n) is 2.19. The SMILES string of the molecule is CCCn1ccnc1C(NN)c1ccc(OC)c(Br)c1. The van der Waals surface area contributed by atoms with Crippen molar-refractivity contribution < 1.29 is 4.74 Å². The quantitative estimate of drug-likeness (QED) is 0.627. The van der Waals surface area contributed by atoms with E-state index in [9.17, 15) is 0 Å². The van der Waals surface area contributed by atoms with E-state index in [4.69, 9.17) is 10.6 Å². The topological polar surface area (TPSA) is 65.1 Å². The Bertz CT molecular complexity index is 570. The second kappa shape index (κ2) is 6.88. The van der Waals surface area contributed by atoms with Crippen LogP contribution in [0.4, 0.5) is 0 Å². The van der Waals surface area contributed by atoms with Crippen LogP contribution in [0.25, 0.3) is 0 Å². The van der Waals surface area contributed by atoms with E-state index in [0.29, 0.717) is 0 Å². The number of nitrogens with zero attached hydrogens (tertiary/aromatic N) is 2. The highest BCUT2D eigenvalue weighted by molar-refractivity contribution is 9.10. The summed E-state index contributed by atoms with van der Waals surface area (Å²) >= 11 is 3.50. The molecular weight excluding hydrogens is 320 g/mol. The summed E-state index contributed by atoms with van der Waals surface area (Å²) in [5.74, 6) is 7.43. The van der Waals surface area contributed by atoms with E-state index in [1.54, 1.807) is 13.3 Å². The van der Waals surface area contributed by atoms with E-state index < -0.39 is 0 Å². The highest BCUT2D eigenvalue weighted by Gasteiger charge is 2.18. The number of halogens is 1. The van der Waals surface area contributed by atoms with Crippen molar-refractivity contribution in [3.8, 4) is 5.75 Å². The third kappa shape index (κ3) is 3.03. The lowest BCUT2D eigenvalue weighted by atomic mass is 10.1. The van der Waals surface area contributed by atoms with Crippen LogP contribution in [-0.4, -0.2) is 16.7 Å². The van der Waals surface area contributed by atoms with Crippen molar-refractivity contribution in [2.75, 3.05) is 7.11 Å². The first kappa shape index (κ1) is 15.0. The minimum absolute atomic E-state index is 0.154. The number of hydrazine groups is 1. The molecule has 1 unspecified atom stereocenters. The van der Waals surface area contributed by atoms with Crippen LogP contribution >= 0.6 is 15.9 Å². The van der Waals surface area contributed by atoms with Gasteiger partial charge < -0.3 is 9.30 Å². The Balaban J connectivity index is 2.36. The molecule has 0 amide bonds. The van der Waals surface area contributed by atoms with Crippen molar-refractivity contribution in [1.29, 1.82) is 0 Å². The van der Waals surface area contributed by atoms with Gasteiger partial charge in [0.1, 0.15) is 17.6 Å². The molecule has 3 N–H and O–H groups in total. The summed E-state index contributed by atoms with van der Waals surface area (Å²) in [5.41, 5.74) is 3.87. The molecule has 1 aromatic carbocycles. The Morgan fingerprint density at radius 1 is 1.50 bits per heavy atom. The van der Waals surface area contributed by atoms with Crippen molar-refractivity contribution in [3.05, 3.63) is 46.5 Å². The number of nitrogens with two attached hydrogens (primary N) is 1. The van der Waals surface area contributed by atoms with Crippen molar-refractivity contribution in [3.63, 3.8) is 0 Å². The number of hydrogen-bond donors (Lipinski definition) is 2. The Morgan fingerprint density at radius 3 is 2.90 bits per heavy atom. The highest BCUT2D eigenvalue weighted by atomic mass is 79.9. The molecule has 2 rings (SSSR count). The van der Waals surface area contributed by atoms with Gasteiger partial charge in [-0.2, -0.15) is 0 Å². The molecule has 0 aliphatic heterocycles. The number of imidazole rings is 1. The lowest BCUT2D eigenvalue weighted by Crippen LogP contribution is -2.31. The molecule has 1 heterocycles. The monoisotopic (exact) mass is 338 g/mol. The first-order valence-electron chi connectivity index (χ1n) is 6.51. The molecule has 0 fully saturated rings. The maximum atomic E-state index is 5.73. The van der Waals surface area contributed by atoms with Gasteiger partial charge in [0.2, 0.25) is 0 Å². The van der Waals surface area contributed by atoms with Crippen LogP contribution in [0.3, 0.4) is 0 Å². The summed E-state index contributed by atoms with van der Waals surface area (Å²) in [4.78, 5) is 4.43. The van der Waals surface area contributed by atoms with Gasteiger partial charge in [-0.1, -0.05) is 13.0 Å². The molecule has 0 bridgehead atoms. The van der Waals surface area contributed by atoms with Gasteiger partial charge in [0, 0.05) is 18.9 Å². The van der Waals surface area contributed by atoms with E-state index >= 15 is 0 Å². The lowest BCUT2D eigenvalue weighted by Gasteiger charge is -2.18. The van der Waals surface area contributed by atoms with Gasteiger partial charge in [0.25, 0.3) is 0 Å². The molecule has 1 atom stereocenters. The van der Waals surface area contributed by atoms with Crippen LogP contribution in [0.15, 0.2) is 35.1 Å². The van der Waals surface area contributed by atoms with Gasteiger partial charge in [-0.15, -0.1) is 0 Å². The van der Waals surface area contributed by atoms with Gasteiger partial charge in [0.15, 0.2) is 0 Å². The first-order valence-corrected chi connectivity index (χ1v) is 7.31. The van der Waals surface area contributed by atoms with E-state index in [1.807, 2.05) is 24.4 Å². The van der Waals surface area contributed by atoms with Gasteiger partial charge in [-0.05, 0) is 40.0 Å². The Morgan fingerprint density at radius 2 is 2.30 bits per heavy atom. The maximum absolute atomic E-state index is 5.73. The number of ether oxygens (including phenoxy) is 1. The summed E-state index contributed by atoms with van der Waals surface area (Å²) in [6, 6.07) is 5.74. The smallest absolute Gasteiger partial charge is 0.133 e. The van der Waals surface area contributed by atoms with E-state index in [0.717, 1.165) is 34.6 Å². The van der Waals surface area contributed by atoms with Gasteiger partial charge in [-0.3, -0.25) is 5.84 Å². The molecule has 6 heteroatoms.